The minimum absolute atomic E-state index is 0.0595. The minimum Gasteiger partial charge on any atom is -0.354 e. The number of anilines is 1. The molecule has 11 heteroatoms. The number of thioether (sulfide) groups is 1. The van der Waals surface area contributed by atoms with E-state index in [4.69, 9.17) is 46.4 Å². The number of hydrogen-bond acceptors (Lipinski definition) is 4. The highest BCUT2D eigenvalue weighted by Gasteiger charge is 2.27. The van der Waals surface area contributed by atoms with Crippen LogP contribution >= 0.6 is 58.2 Å². The van der Waals surface area contributed by atoms with Crippen LogP contribution < -0.4 is 9.62 Å². The van der Waals surface area contributed by atoms with E-state index in [1.54, 1.807) is 42.1 Å². The molecule has 3 rings (SSSR count). The zero-order valence-corrected chi connectivity index (χ0v) is 22.3. The van der Waals surface area contributed by atoms with Gasteiger partial charge < -0.3 is 5.32 Å². The van der Waals surface area contributed by atoms with E-state index in [2.05, 4.69) is 5.32 Å². The van der Waals surface area contributed by atoms with Gasteiger partial charge in [-0.15, -0.1) is 0 Å². The number of amides is 1. The Morgan fingerprint density at radius 1 is 0.882 bits per heavy atom. The van der Waals surface area contributed by atoms with Crippen LogP contribution in [0.5, 0.6) is 0 Å². The molecular formula is C23H20Cl4N2O3S2. The molecule has 1 N–H and O–H groups in total. The lowest BCUT2D eigenvalue weighted by atomic mass is 10.2. The number of benzene rings is 3. The van der Waals surface area contributed by atoms with E-state index in [-0.39, 0.29) is 20.6 Å². The van der Waals surface area contributed by atoms with E-state index in [0.717, 1.165) is 9.87 Å². The molecule has 0 atom stereocenters. The maximum absolute atomic E-state index is 13.3. The highest BCUT2D eigenvalue weighted by Crippen LogP contribution is 2.30. The topological polar surface area (TPSA) is 66.5 Å². The average molecular weight is 578 g/mol. The Morgan fingerprint density at radius 2 is 1.62 bits per heavy atom. The molecule has 3 aromatic rings. The van der Waals surface area contributed by atoms with Gasteiger partial charge in [0.15, 0.2) is 0 Å². The van der Waals surface area contributed by atoms with Crippen LogP contribution in [0, 0.1) is 0 Å². The van der Waals surface area contributed by atoms with Gasteiger partial charge in [0.05, 0.1) is 20.6 Å². The van der Waals surface area contributed by atoms with Crippen LogP contribution in [0.15, 0.2) is 71.6 Å². The average Bonchev–Trinajstić information content (AvgIpc) is 2.81. The van der Waals surface area contributed by atoms with Gasteiger partial charge in [-0.2, -0.15) is 11.8 Å². The highest BCUT2D eigenvalue weighted by molar-refractivity contribution is 7.98. The summed E-state index contributed by atoms with van der Waals surface area (Å²) in [4.78, 5) is 12.7. The third-order valence-electron chi connectivity index (χ3n) is 4.65. The van der Waals surface area contributed by atoms with Crippen LogP contribution in [0.2, 0.25) is 20.1 Å². The van der Waals surface area contributed by atoms with Crippen molar-refractivity contribution in [3.63, 3.8) is 0 Å². The van der Waals surface area contributed by atoms with E-state index in [9.17, 15) is 13.2 Å². The van der Waals surface area contributed by atoms with Gasteiger partial charge in [-0.3, -0.25) is 9.10 Å². The SMILES string of the molecule is O=C(CN(c1ccc(Cl)c(Cl)c1)S(=O)(=O)c1ccccc1)NCCSCc1ccc(Cl)cc1Cl. The predicted molar refractivity (Wildman–Crippen MR) is 143 cm³/mol. The first-order valence-corrected chi connectivity index (χ1v) is 14.1. The standard InChI is InChI=1S/C23H20Cl4N2O3S2/c24-17-7-6-16(21(26)12-17)15-33-11-10-28-23(30)14-29(18-8-9-20(25)22(27)13-18)34(31,32)19-4-2-1-3-5-19/h1-9,12-13H,10-11,14-15H2,(H,28,30). The molecule has 1 amide bonds. The largest absolute Gasteiger partial charge is 0.354 e. The van der Waals surface area contributed by atoms with Crippen molar-refractivity contribution in [2.45, 2.75) is 10.6 Å². The fourth-order valence-corrected chi connectivity index (χ4v) is 6.09. The quantitative estimate of drug-likeness (QED) is 0.278. The van der Waals surface area contributed by atoms with Crippen LogP contribution in [0.3, 0.4) is 0 Å². The highest BCUT2D eigenvalue weighted by atomic mass is 35.5. The number of rotatable bonds is 10. The second kappa shape index (κ2) is 12.4. The molecule has 3 aromatic carbocycles. The summed E-state index contributed by atoms with van der Waals surface area (Å²) in [6.45, 7) is -0.0574. The number of sulfonamides is 1. The number of hydrogen-bond donors (Lipinski definition) is 1. The number of nitrogens with zero attached hydrogens (tertiary/aromatic N) is 1. The minimum atomic E-state index is -4.02. The van der Waals surface area contributed by atoms with E-state index < -0.39 is 22.5 Å². The van der Waals surface area contributed by atoms with Crippen molar-refractivity contribution >= 4 is 79.8 Å². The normalized spacial score (nSPS) is 11.3. The van der Waals surface area contributed by atoms with Gasteiger partial charge in [-0.05, 0) is 48.0 Å². The number of halogens is 4. The van der Waals surface area contributed by atoms with Crippen LogP contribution in [0.25, 0.3) is 0 Å². The Kier molecular flexibility index (Phi) is 9.83. The molecular weight excluding hydrogens is 558 g/mol. The number of carbonyl (C=O) groups excluding carboxylic acids is 1. The first kappa shape index (κ1) is 27.0. The fourth-order valence-electron chi connectivity index (χ4n) is 2.94. The second-order valence-electron chi connectivity index (χ2n) is 7.06. The second-order valence-corrected chi connectivity index (χ2v) is 11.7. The maximum atomic E-state index is 13.3. The Labute approximate surface area is 223 Å². The molecule has 0 radical (unpaired) electrons. The molecule has 0 saturated carbocycles. The van der Waals surface area contributed by atoms with Crippen molar-refractivity contribution in [3.8, 4) is 0 Å². The first-order valence-electron chi connectivity index (χ1n) is 9.99. The van der Waals surface area contributed by atoms with Crippen molar-refractivity contribution in [3.05, 3.63) is 92.4 Å². The fraction of sp³-hybridized carbons (Fsp3) is 0.174. The van der Waals surface area contributed by atoms with Crippen molar-refractivity contribution in [1.82, 2.24) is 5.32 Å². The molecule has 0 saturated heterocycles. The molecule has 0 bridgehead atoms. The van der Waals surface area contributed by atoms with Crippen LogP contribution in [-0.4, -0.2) is 33.2 Å². The van der Waals surface area contributed by atoms with Crippen LogP contribution in [-0.2, 0) is 20.6 Å². The third-order valence-corrected chi connectivity index (χ3v) is 8.77. The lowest BCUT2D eigenvalue weighted by Crippen LogP contribution is -2.41. The third kappa shape index (κ3) is 7.20. The Hall–Kier alpha value is -1.61. The summed E-state index contributed by atoms with van der Waals surface area (Å²) in [5.74, 6) is 0.822. The van der Waals surface area contributed by atoms with E-state index >= 15 is 0 Å². The summed E-state index contributed by atoms with van der Waals surface area (Å²) in [6.07, 6.45) is 0. The lowest BCUT2D eigenvalue weighted by molar-refractivity contribution is -0.119. The van der Waals surface area contributed by atoms with Crippen LogP contribution in [0.4, 0.5) is 5.69 Å². The van der Waals surface area contributed by atoms with E-state index in [0.29, 0.717) is 28.1 Å². The lowest BCUT2D eigenvalue weighted by Gasteiger charge is -2.24. The Bertz CT molecular complexity index is 1260. The molecule has 180 valence electrons. The van der Waals surface area contributed by atoms with Crippen LogP contribution in [0.1, 0.15) is 5.56 Å². The van der Waals surface area contributed by atoms with Gasteiger partial charge in [-0.25, -0.2) is 8.42 Å². The van der Waals surface area contributed by atoms with Crippen molar-refractivity contribution in [2.24, 2.45) is 0 Å². The summed E-state index contributed by atoms with van der Waals surface area (Å²) in [6, 6.07) is 17.6. The molecule has 0 aliphatic rings. The predicted octanol–water partition coefficient (Wildman–Crippen LogP) is 6.55. The molecule has 0 aliphatic carbocycles. The summed E-state index contributed by atoms with van der Waals surface area (Å²) < 4.78 is 27.6. The van der Waals surface area contributed by atoms with Gasteiger partial charge >= 0.3 is 0 Å². The summed E-state index contributed by atoms with van der Waals surface area (Å²) >= 11 is 25.8. The van der Waals surface area contributed by atoms with Crippen molar-refractivity contribution in [2.75, 3.05) is 23.1 Å². The molecule has 5 nitrogen and oxygen atoms in total. The number of carbonyl (C=O) groups is 1. The van der Waals surface area contributed by atoms with Crippen molar-refractivity contribution < 1.29 is 13.2 Å². The first-order chi connectivity index (χ1) is 16.2. The maximum Gasteiger partial charge on any atom is 0.264 e. The zero-order chi connectivity index (χ0) is 24.7. The molecule has 0 unspecified atom stereocenters. The zero-order valence-electron chi connectivity index (χ0n) is 17.7. The smallest absolute Gasteiger partial charge is 0.264 e. The Morgan fingerprint density at radius 3 is 2.29 bits per heavy atom. The van der Waals surface area contributed by atoms with E-state index in [1.807, 2.05) is 6.07 Å². The molecule has 34 heavy (non-hydrogen) atoms. The van der Waals surface area contributed by atoms with Gasteiger partial charge in [0.25, 0.3) is 10.0 Å². The molecule has 0 heterocycles. The number of nitrogens with one attached hydrogen (secondary N) is 1. The van der Waals surface area contributed by atoms with Gasteiger partial charge in [0.2, 0.25) is 5.91 Å². The van der Waals surface area contributed by atoms with Gasteiger partial charge in [-0.1, -0.05) is 70.7 Å². The van der Waals surface area contributed by atoms with Crippen molar-refractivity contribution in [1.29, 1.82) is 0 Å². The molecule has 0 aliphatic heterocycles. The summed E-state index contributed by atoms with van der Waals surface area (Å²) in [7, 11) is -4.02. The summed E-state index contributed by atoms with van der Waals surface area (Å²) in [5, 5.41) is 4.39. The molecule has 0 aromatic heterocycles. The monoisotopic (exact) mass is 576 g/mol. The molecule has 0 fully saturated rings. The Balaban J connectivity index is 1.65. The van der Waals surface area contributed by atoms with E-state index in [1.165, 1.54) is 30.3 Å². The van der Waals surface area contributed by atoms with Gasteiger partial charge in [0, 0.05) is 28.1 Å². The summed E-state index contributed by atoms with van der Waals surface area (Å²) in [5.41, 5.74) is 1.18. The van der Waals surface area contributed by atoms with Gasteiger partial charge in [0.1, 0.15) is 6.54 Å². The molecule has 0 spiro atoms.